The van der Waals surface area contributed by atoms with Gasteiger partial charge in [-0.15, -0.1) is 0 Å². The van der Waals surface area contributed by atoms with Crippen LogP contribution in [-0.4, -0.2) is 34.9 Å². The van der Waals surface area contributed by atoms with Crippen molar-refractivity contribution >= 4 is 17.3 Å². The number of carbonyl (C=O) groups excluding carboxylic acids is 1. The summed E-state index contributed by atoms with van der Waals surface area (Å²) in [4.78, 5) is 18.6. The number of piperidine rings is 1. The van der Waals surface area contributed by atoms with Crippen molar-refractivity contribution < 1.29 is 4.79 Å². The molecule has 2 aliphatic heterocycles. The average Bonchev–Trinajstić information content (AvgIpc) is 3.09. The zero-order valence-corrected chi connectivity index (χ0v) is 15.9. The first-order valence-corrected chi connectivity index (χ1v) is 10.7. The van der Waals surface area contributed by atoms with Crippen LogP contribution in [0.3, 0.4) is 0 Å². The summed E-state index contributed by atoms with van der Waals surface area (Å²) in [6, 6.07) is 2.84. The van der Waals surface area contributed by atoms with E-state index in [1.54, 1.807) is 0 Å². The molecule has 2 N–H and O–H groups in total. The summed E-state index contributed by atoms with van der Waals surface area (Å²) >= 11 is 0. The number of hydrogen-bond acceptors (Lipinski definition) is 2. The van der Waals surface area contributed by atoms with E-state index in [9.17, 15) is 4.79 Å². The van der Waals surface area contributed by atoms with E-state index in [1.165, 1.54) is 69.0 Å². The lowest BCUT2D eigenvalue weighted by molar-refractivity contribution is -0.120. The van der Waals surface area contributed by atoms with Crippen molar-refractivity contribution in [3.05, 3.63) is 23.9 Å². The molecule has 2 fully saturated rings. The van der Waals surface area contributed by atoms with Gasteiger partial charge in [0.15, 0.2) is 0 Å². The van der Waals surface area contributed by atoms with Gasteiger partial charge in [-0.1, -0.05) is 44.6 Å². The summed E-state index contributed by atoms with van der Waals surface area (Å²) in [5.74, 6) is 1.25. The number of carbonyl (C=O) groups is 1. The largest absolute Gasteiger partial charge is 0.348 e. The zero-order valence-electron chi connectivity index (χ0n) is 15.9. The van der Waals surface area contributed by atoms with E-state index in [0.717, 1.165) is 31.6 Å². The summed E-state index contributed by atoms with van der Waals surface area (Å²) in [5.41, 5.74) is 2.69. The molecule has 1 aromatic heterocycles. The number of anilines is 1. The third kappa shape index (κ3) is 4.22. The Morgan fingerprint density at radius 2 is 1.81 bits per heavy atom. The van der Waals surface area contributed by atoms with Gasteiger partial charge >= 0.3 is 0 Å². The molecular formula is C22H33N3O. The van der Waals surface area contributed by atoms with Crippen molar-refractivity contribution in [3.63, 3.8) is 0 Å². The first-order valence-electron chi connectivity index (χ1n) is 10.7. The average molecular weight is 356 g/mol. The lowest BCUT2D eigenvalue weighted by atomic mass is 9.90. The van der Waals surface area contributed by atoms with Crippen LogP contribution in [0.5, 0.6) is 0 Å². The number of aromatic amines is 1. The smallest absolute Gasteiger partial charge is 0.228 e. The van der Waals surface area contributed by atoms with Crippen LogP contribution in [0, 0.1) is 5.92 Å². The molecule has 1 amide bonds. The normalized spacial score (nSPS) is 25.7. The number of fused-ring (bicyclic) bond motifs is 1. The molecule has 3 heterocycles. The lowest BCUT2D eigenvalue weighted by Crippen LogP contribution is -2.41. The number of hydrogen-bond donors (Lipinski definition) is 2. The molecule has 0 aromatic carbocycles. The highest BCUT2D eigenvalue weighted by molar-refractivity contribution is 5.92. The van der Waals surface area contributed by atoms with E-state index in [4.69, 9.17) is 0 Å². The molecule has 0 radical (unpaired) electrons. The maximum Gasteiger partial charge on any atom is 0.228 e. The highest BCUT2D eigenvalue weighted by atomic mass is 16.1. The molecule has 3 aliphatic rings. The molecule has 1 saturated heterocycles. The molecule has 4 heteroatoms. The second-order valence-corrected chi connectivity index (χ2v) is 8.41. The fourth-order valence-electron chi connectivity index (χ4n) is 4.94. The number of H-pyrrole nitrogens is 1. The van der Waals surface area contributed by atoms with Gasteiger partial charge < -0.3 is 10.3 Å². The Balaban J connectivity index is 1.37. The van der Waals surface area contributed by atoms with Crippen molar-refractivity contribution in [2.75, 3.05) is 18.4 Å². The Morgan fingerprint density at radius 3 is 2.65 bits per heavy atom. The van der Waals surface area contributed by atoms with Gasteiger partial charge in [0, 0.05) is 24.7 Å². The Bertz CT molecular complexity index is 640. The molecule has 4 nitrogen and oxygen atoms in total. The topological polar surface area (TPSA) is 48.1 Å². The minimum Gasteiger partial charge on any atom is -0.348 e. The number of nitrogens with one attached hydrogen (secondary N) is 2. The summed E-state index contributed by atoms with van der Waals surface area (Å²) in [7, 11) is 0. The van der Waals surface area contributed by atoms with Gasteiger partial charge in [0.05, 0.1) is 0 Å². The zero-order chi connectivity index (χ0) is 17.8. The Labute approximate surface area is 157 Å². The van der Waals surface area contributed by atoms with Gasteiger partial charge in [0.1, 0.15) is 5.82 Å². The number of aromatic nitrogens is 1. The predicted octanol–water partition coefficient (Wildman–Crippen LogP) is 4.96. The first-order chi connectivity index (χ1) is 12.8. The standard InChI is InChI=1S/C22H33N3O/c26-22(17-8-4-2-1-3-5-9-17)24-21-15-19(16-23-21)18-11-13-25-12-7-6-10-20(25)14-18/h11,15-17,20,23H,1-10,12-14H2,(H,24,26). The van der Waals surface area contributed by atoms with Crippen LogP contribution in [0.4, 0.5) is 5.82 Å². The third-order valence-corrected chi connectivity index (χ3v) is 6.56. The fraction of sp³-hybridized carbons (Fsp3) is 0.682. The van der Waals surface area contributed by atoms with E-state index in [0.29, 0.717) is 6.04 Å². The molecule has 0 spiro atoms. The van der Waals surface area contributed by atoms with Crippen molar-refractivity contribution in [1.29, 1.82) is 0 Å². The van der Waals surface area contributed by atoms with Crippen LogP contribution < -0.4 is 5.32 Å². The maximum atomic E-state index is 12.7. The highest BCUT2D eigenvalue weighted by Gasteiger charge is 2.26. The van der Waals surface area contributed by atoms with Crippen LogP contribution >= 0.6 is 0 Å². The SMILES string of the molecule is O=C(Nc1cc(C2=CCN3CCCCC3C2)c[nH]1)C1CCCCCCC1. The van der Waals surface area contributed by atoms with Gasteiger partial charge in [-0.2, -0.15) is 0 Å². The minimum atomic E-state index is 0.187. The lowest BCUT2D eigenvalue weighted by Gasteiger charge is -2.38. The Morgan fingerprint density at radius 1 is 1.04 bits per heavy atom. The van der Waals surface area contributed by atoms with Gasteiger partial charge in [0.25, 0.3) is 0 Å². The molecule has 0 bridgehead atoms. The second kappa shape index (κ2) is 8.43. The molecule has 1 aromatic rings. The van der Waals surface area contributed by atoms with Gasteiger partial charge in [-0.05, 0) is 55.9 Å². The van der Waals surface area contributed by atoms with Crippen LogP contribution in [0.2, 0.25) is 0 Å². The number of rotatable bonds is 3. The number of amides is 1. The summed E-state index contributed by atoms with van der Waals surface area (Å²) in [6.07, 6.45) is 18.0. The maximum absolute atomic E-state index is 12.7. The van der Waals surface area contributed by atoms with Gasteiger partial charge in [0.2, 0.25) is 5.91 Å². The molecule has 1 aliphatic carbocycles. The third-order valence-electron chi connectivity index (χ3n) is 6.56. The molecule has 26 heavy (non-hydrogen) atoms. The van der Waals surface area contributed by atoms with Crippen LogP contribution in [0.15, 0.2) is 18.3 Å². The van der Waals surface area contributed by atoms with Gasteiger partial charge in [-0.3, -0.25) is 9.69 Å². The Hall–Kier alpha value is -1.55. The predicted molar refractivity (Wildman–Crippen MR) is 107 cm³/mol. The minimum absolute atomic E-state index is 0.187. The Kier molecular flexibility index (Phi) is 5.78. The molecule has 1 saturated carbocycles. The van der Waals surface area contributed by atoms with Gasteiger partial charge in [-0.25, -0.2) is 0 Å². The number of nitrogens with zero attached hydrogens (tertiary/aromatic N) is 1. The monoisotopic (exact) mass is 355 g/mol. The van der Waals surface area contributed by atoms with Crippen LogP contribution in [0.1, 0.15) is 76.2 Å². The summed E-state index contributed by atoms with van der Waals surface area (Å²) in [5, 5.41) is 3.14. The molecule has 1 atom stereocenters. The van der Waals surface area contributed by atoms with Crippen molar-refractivity contribution in [3.8, 4) is 0 Å². The van der Waals surface area contributed by atoms with Crippen molar-refractivity contribution in [2.45, 2.75) is 76.7 Å². The van der Waals surface area contributed by atoms with E-state index < -0.39 is 0 Å². The molecule has 142 valence electrons. The molecule has 4 rings (SSSR count). The van der Waals surface area contributed by atoms with Crippen molar-refractivity contribution in [1.82, 2.24) is 9.88 Å². The highest BCUT2D eigenvalue weighted by Crippen LogP contribution is 2.32. The molecular weight excluding hydrogens is 322 g/mol. The summed E-state index contributed by atoms with van der Waals surface area (Å²) in [6.45, 7) is 2.33. The van der Waals surface area contributed by atoms with Crippen LogP contribution in [0.25, 0.3) is 5.57 Å². The second-order valence-electron chi connectivity index (χ2n) is 8.41. The van der Waals surface area contributed by atoms with Crippen molar-refractivity contribution in [2.24, 2.45) is 5.92 Å². The first kappa shape index (κ1) is 17.8. The van der Waals surface area contributed by atoms with E-state index in [-0.39, 0.29) is 11.8 Å². The van der Waals surface area contributed by atoms with E-state index in [1.807, 2.05) is 0 Å². The fourth-order valence-corrected chi connectivity index (χ4v) is 4.94. The van der Waals surface area contributed by atoms with E-state index >= 15 is 0 Å². The molecule has 1 unspecified atom stereocenters. The quantitative estimate of drug-likeness (QED) is 0.805. The summed E-state index contributed by atoms with van der Waals surface area (Å²) < 4.78 is 0. The van der Waals surface area contributed by atoms with Crippen LogP contribution in [-0.2, 0) is 4.79 Å². The van der Waals surface area contributed by atoms with E-state index in [2.05, 4.69) is 33.5 Å².